The molecule has 0 atom stereocenters. The first-order valence-electron chi connectivity index (χ1n) is 4.09. The van der Waals surface area contributed by atoms with Crippen LogP contribution in [0.5, 0.6) is 0 Å². The second-order valence-corrected chi connectivity index (χ2v) is 9.76. The molecule has 70 valence electrons. The van der Waals surface area contributed by atoms with E-state index in [1.165, 1.54) is 0 Å². The van der Waals surface area contributed by atoms with Gasteiger partial charge in [0.1, 0.15) is 0 Å². The molecule has 0 aliphatic rings. The average molecular weight is 188 g/mol. The molecule has 0 rings (SSSR count). The standard InChI is InChI=1S/C8H16O3Si/c1-12(2,3)6-4-5-7(9)8(10)11/h4-6H2,1-3H3,(H,10,11). The smallest absolute Gasteiger partial charge is 0.372 e. The van der Waals surface area contributed by atoms with Crippen molar-refractivity contribution < 1.29 is 14.7 Å². The minimum Gasteiger partial charge on any atom is -0.476 e. The van der Waals surface area contributed by atoms with Crippen molar-refractivity contribution in [2.24, 2.45) is 0 Å². The molecule has 0 radical (unpaired) electrons. The fourth-order valence-corrected chi connectivity index (χ4v) is 2.12. The van der Waals surface area contributed by atoms with Gasteiger partial charge in [-0.05, 0) is 6.42 Å². The zero-order valence-corrected chi connectivity index (χ0v) is 8.89. The Labute approximate surface area is 73.8 Å². The minimum absolute atomic E-state index is 0.194. The Bertz CT molecular complexity index is 181. The van der Waals surface area contributed by atoms with Crippen LogP contribution in [-0.4, -0.2) is 24.9 Å². The van der Waals surface area contributed by atoms with E-state index in [2.05, 4.69) is 19.6 Å². The van der Waals surface area contributed by atoms with Crippen LogP contribution in [0.3, 0.4) is 0 Å². The Morgan fingerprint density at radius 3 is 2.08 bits per heavy atom. The van der Waals surface area contributed by atoms with Crippen LogP contribution >= 0.6 is 0 Å². The highest BCUT2D eigenvalue weighted by atomic mass is 28.3. The van der Waals surface area contributed by atoms with Gasteiger partial charge in [-0.3, -0.25) is 4.79 Å². The van der Waals surface area contributed by atoms with E-state index >= 15 is 0 Å². The average Bonchev–Trinajstić information content (AvgIpc) is 1.84. The third kappa shape index (κ3) is 6.09. The van der Waals surface area contributed by atoms with Gasteiger partial charge in [0.2, 0.25) is 5.78 Å². The van der Waals surface area contributed by atoms with Gasteiger partial charge in [-0.15, -0.1) is 0 Å². The summed E-state index contributed by atoms with van der Waals surface area (Å²) in [5, 5.41) is 8.27. The number of hydrogen-bond donors (Lipinski definition) is 1. The highest BCUT2D eigenvalue weighted by Crippen LogP contribution is 2.12. The summed E-state index contributed by atoms with van der Waals surface area (Å²) in [5.74, 6) is -1.96. The van der Waals surface area contributed by atoms with E-state index in [0.717, 1.165) is 12.5 Å². The highest BCUT2D eigenvalue weighted by Gasteiger charge is 2.15. The van der Waals surface area contributed by atoms with Crippen molar-refractivity contribution in [2.45, 2.75) is 38.5 Å². The number of ketones is 1. The molecule has 0 bridgehead atoms. The molecule has 0 fully saturated rings. The molecule has 0 unspecified atom stereocenters. The Morgan fingerprint density at radius 1 is 1.25 bits per heavy atom. The van der Waals surface area contributed by atoms with Gasteiger partial charge in [0, 0.05) is 14.5 Å². The number of Topliss-reactive ketones (excluding diaryl/α,β-unsaturated/α-hetero) is 1. The van der Waals surface area contributed by atoms with Crippen LogP contribution < -0.4 is 0 Å². The molecule has 0 spiro atoms. The van der Waals surface area contributed by atoms with E-state index in [4.69, 9.17) is 5.11 Å². The summed E-state index contributed by atoms with van der Waals surface area (Å²) in [6.45, 7) is 6.62. The summed E-state index contributed by atoms with van der Waals surface area (Å²) in [4.78, 5) is 20.8. The highest BCUT2D eigenvalue weighted by molar-refractivity contribution is 6.76. The molecule has 0 aromatic rings. The second-order valence-electron chi connectivity index (χ2n) is 4.14. The maximum Gasteiger partial charge on any atom is 0.372 e. The molecule has 12 heavy (non-hydrogen) atoms. The quantitative estimate of drug-likeness (QED) is 0.528. The van der Waals surface area contributed by atoms with Crippen molar-refractivity contribution in [3.05, 3.63) is 0 Å². The zero-order chi connectivity index (χ0) is 9.78. The first kappa shape index (κ1) is 11.4. The molecule has 0 aliphatic carbocycles. The summed E-state index contributed by atoms with van der Waals surface area (Å²) in [7, 11) is -1.10. The van der Waals surface area contributed by atoms with Gasteiger partial charge < -0.3 is 5.11 Å². The lowest BCUT2D eigenvalue weighted by Gasteiger charge is -2.13. The Morgan fingerprint density at radius 2 is 1.75 bits per heavy atom. The first-order chi connectivity index (χ1) is 5.33. The number of carbonyl (C=O) groups excluding carboxylic acids is 1. The lowest BCUT2D eigenvalue weighted by Crippen LogP contribution is -2.20. The predicted molar refractivity (Wildman–Crippen MR) is 50.0 cm³/mol. The second kappa shape index (κ2) is 4.40. The van der Waals surface area contributed by atoms with E-state index in [9.17, 15) is 9.59 Å². The number of carboxylic acid groups (broad SMARTS) is 1. The number of aliphatic carboxylic acids is 1. The van der Waals surface area contributed by atoms with Crippen molar-refractivity contribution in [3.63, 3.8) is 0 Å². The van der Waals surface area contributed by atoms with Crippen LogP contribution in [0, 0.1) is 0 Å². The van der Waals surface area contributed by atoms with E-state index in [1.54, 1.807) is 0 Å². The lowest BCUT2D eigenvalue weighted by atomic mass is 10.2. The van der Waals surface area contributed by atoms with Crippen molar-refractivity contribution in [3.8, 4) is 0 Å². The zero-order valence-electron chi connectivity index (χ0n) is 7.89. The fraction of sp³-hybridized carbons (Fsp3) is 0.750. The maximum absolute atomic E-state index is 10.6. The molecule has 0 saturated carbocycles. The summed E-state index contributed by atoms with van der Waals surface area (Å²) in [6, 6.07) is 1.02. The van der Waals surface area contributed by atoms with Gasteiger partial charge in [0.25, 0.3) is 0 Å². The van der Waals surface area contributed by atoms with E-state index in [-0.39, 0.29) is 6.42 Å². The molecular weight excluding hydrogens is 172 g/mol. The Balaban J connectivity index is 3.58. The summed E-state index contributed by atoms with van der Waals surface area (Å²) in [6.07, 6.45) is 0.917. The fourth-order valence-electron chi connectivity index (χ4n) is 0.886. The van der Waals surface area contributed by atoms with E-state index in [1.807, 2.05) is 0 Å². The normalized spacial score (nSPS) is 11.2. The molecule has 3 nitrogen and oxygen atoms in total. The topological polar surface area (TPSA) is 54.4 Å². The Kier molecular flexibility index (Phi) is 4.16. The van der Waals surface area contributed by atoms with Crippen molar-refractivity contribution in [2.75, 3.05) is 0 Å². The number of hydrogen-bond acceptors (Lipinski definition) is 2. The summed E-state index contributed by atoms with van der Waals surface area (Å²) < 4.78 is 0. The maximum atomic E-state index is 10.6. The summed E-state index contributed by atoms with van der Waals surface area (Å²) >= 11 is 0. The van der Waals surface area contributed by atoms with Crippen LogP contribution in [0.1, 0.15) is 12.8 Å². The van der Waals surface area contributed by atoms with Crippen molar-refractivity contribution in [1.29, 1.82) is 0 Å². The van der Waals surface area contributed by atoms with Gasteiger partial charge >= 0.3 is 5.97 Å². The van der Waals surface area contributed by atoms with Crippen LogP contribution in [0.4, 0.5) is 0 Å². The molecule has 0 amide bonds. The molecular formula is C8H16O3Si. The largest absolute Gasteiger partial charge is 0.476 e. The molecule has 0 aliphatic heterocycles. The number of carboxylic acids is 1. The molecule has 1 N–H and O–H groups in total. The van der Waals surface area contributed by atoms with E-state index in [0.29, 0.717) is 0 Å². The lowest BCUT2D eigenvalue weighted by molar-refractivity contribution is -0.149. The SMILES string of the molecule is C[Si](C)(C)CCCC(=O)C(=O)O. The van der Waals surface area contributed by atoms with Gasteiger partial charge in [-0.25, -0.2) is 4.79 Å². The van der Waals surface area contributed by atoms with Gasteiger partial charge in [-0.1, -0.05) is 25.7 Å². The number of rotatable bonds is 5. The summed E-state index contributed by atoms with van der Waals surface area (Å²) in [5.41, 5.74) is 0. The van der Waals surface area contributed by atoms with Gasteiger partial charge in [0.05, 0.1) is 0 Å². The number of carbonyl (C=O) groups is 2. The van der Waals surface area contributed by atoms with Crippen LogP contribution in [0.15, 0.2) is 0 Å². The van der Waals surface area contributed by atoms with Crippen LogP contribution in [0.25, 0.3) is 0 Å². The minimum atomic E-state index is -1.30. The van der Waals surface area contributed by atoms with Gasteiger partial charge in [-0.2, -0.15) is 0 Å². The molecule has 4 heteroatoms. The van der Waals surface area contributed by atoms with Crippen LogP contribution in [0.2, 0.25) is 25.7 Å². The van der Waals surface area contributed by atoms with Crippen molar-refractivity contribution in [1.82, 2.24) is 0 Å². The molecule has 0 aromatic carbocycles. The van der Waals surface area contributed by atoms with Gasteiger partial charge in [0.15, 0.2) is 0 Å². The molecule has 0 saturated heterocycles. The monoisotopic (exact) mass is 188 g/mol. The predicted octanol–water partition coefficient (Wildman–Crippen LogP) is 1.76. The molecule has 0 heterocycles. The Hall–Kier alpha value is -0.643. The first-order valence-corrected chi connectivity index (χ1v) is 7.80. The molecule has 0 aromatic heterocycles. The third-order valence-corrected chi connectivity index (χ3v) is 3.42. The van der Waals surface area contributed by atoms with E-state index < -0.39 is 19.8 Å². The van der Waals surface area contributed by atoms with Crippen molar-refractivity contribution >= 4 is 19.8 Å². The van der Waals surface area contributed by atoms with Crippen LogP contribution in [-0.2, 0) is 9.59 Å². The third-order valence-electron chi connectivity index (χ3n) is 1.57.